The molecule has 2 atom stereocenters. The molecule has 0 spiro atoms. The zero-order valence-electron chi connectivity index (χ0n) is 10.9. The summed E-state index contributed by atoms with van der Waals surface area (Å²) in [4.78, 5) is 26.3. The third kappa shape index (κ3) is 2.02. The molecule has 2 aliphatic rings. The molecule has 1 aromatic rings. The highest BCUT2D eigenvalue weighted by Gasteiger charge is 2.46. The predicted octanol–water partition coefficient (Wildman–Crippen LogP) is 3.30. The van der Waals surface area contributed by atoms with Crippen LogP contribution in [0.15, 0.2) is 22.7 Å². The molecule has 4 heteroatoms. The average Bonchev–Trinajstić information content (AvgIpc) is 2.85. The maximum absolute atomic E-state index is 12.4. The zero-order chi connectivity index (χ0) is 13.6. The Labute approximate surface area is 121 Å². The van der Waals surface area contributed by atoms with Crippen LogP contribution < -0.4 is 4.90 Å². The van der Waals surface area contributed by atoms with Crippen LogP contribution in [0.25, 0.3) is 0 Å². The van der Waals surface area contributed by atoms with Gasteiger partial charge >= 0.3 is 0 Å². The molecule has 2 amide bonds. The molecule has 2 unspecified atom stereocenters. The maximum atomic E-state index is 12.4. The van der Waals surface area contributed by atoms with Crippen LogP contribution in [0.5, 0.6) is 0 Å². The molecule has 2 bridgehead atoms. The molecule has 0 radical (unpaired) electrons. The van der Waals surface area contributed by atoms with Gasteiger partial charge in [0.15, 0.2) is 0 Å². The highest BCUT2D eigenvalue weighted by atomic mass is 79.9. The number of amides is 2. The summed E-state index contributed by atoms with van der Waals surface area (Å²) in [5.41, 5.74) is 1.81. The number of nitrogens with zero attached hydrogens (tertiary/aromatic N) is 1. The van der Waals surface area contributed by atoms with Crippen LogP contribution >= 0.6 is 15.9 Å². The van der Waals surface area contributed by atoms with Crippen LogP contribution in [-0.4, -0.2) is 11.8 Å². The van der Waals surface area contributed by atoms with Crippen molar-refractivity contribution < 1.29 is 9.59 Å². The fourth-order valence-electron chi connectivity index (χ4n) is 3.20. The summed E-state index contributed by atoms with van der Waals surface area (Å²) in [6, 6.07) is 5.77. The van der Waals surface area contributed by atoms with Gasteiger partial charge in [-0.15, -0.1) is 0 Å². The van der Waals surface area contributed by atoms with E-state index in [1.165, 1.54) is 4.90 Å². The number of carbonyl (C=O) groups is 2. The lowest BCUT2D eigenvalue weighted by Crippen LogP contribution is -2.46. The van der Waals surface area contributed by atoms with E-state index >= 15 is 0 Å². The van der Waals surface area contributed by atoms with Crippen molar-refractivity contribution >= 4 is 33.4 Å². The molecule has 1 aromatic carbocycles. The van der Waals surface area contributed by atoms with E-state index in [1.54, 1.807) is 0 Å². The third-order valence-electron chi connectivity index (χ3n) is 4.24. The van der Waals surface area contributed by atoms with E-state index in [0.29, 0.717) is 0 Å². The summed E-state index contributed by atoms with van der Waals surface area (Å²) in [7, 11) is 0. The van der Waals surface area contributed by atoms with Gasteiger partial charge in [0.2, 0.25) is 11.8 Å². The van der Waals surface area contributed by atoms with E-state index in [1.807, 2.05) is 25.1 Å². The van der Waals surface area contributed by atoms with Crippen LogP contribution in [0.1, 0.15) is 31.7 Å². The van der Waals surface area contributed by atoms with Gasteiger partial charge in [-0.3, -0.25) is 9.59 Å². The highest BCUT2D eigenvalue weighted by Crippen LogP contribution is 2.41. The molecule has 19 heavy (non-hydrogen) atoms. The van der Waals surface area contributed by atoms with Gasteiger partial charge in [0.25, 0.3) is 0 Å². The Morgan fingerprint density at radius 1 is 1.21 bits per heavy atom. The minimum Gasteiger partial charge on any atom is -0.274 e. The van der Waals surface area contributed by atoms with Gasteiger partial charge in [0.05, 0.1) is 5.69 Å². The molecule has 1 heterocycles. The lowest BCUT2D eigenvalue weighted by atomic mass is 9.95. The quantitative estimate of drug-likeness (QED) is 0.784. The smallest absolute Gasteiger partial charge is 0.236 e. The molecule has 1 aliphatic heterocycles. The van der Waals surface area contributed by atoms with E-state index in [4.69, 9.17) is 0 Å². The van der Waals surface area contributed by atoms with Gasteiger partial charge in [0, 0.05) is 16.3 Å². The Bertz CT molecular complexity index is 533. The number of halogens is 1. The first kappa shape index (κ1) is 12.9. The molecule has 1 saturated carbocycles. The van der Waals surface area contributed by atoms with Crippen molar-refractivity contribution in [2.75, 3.05) is 4.90 Å². The summed E-state index contributed by atoms with van der Waals surface area (Å²) < 4.78 is 0.980. The number of hydrogen-bond donors (Lipinski definition) is 0. The normalized spacial score (nSPS) is 26.1. The molecular formula is C15H16BrNO2. The van der Waals surface area contributed by atoms with Crippen molar-refractivity contribution in [1.82, 2.24) is 0 Å². The Hall–Kier alpha value is -1.16. The Kier molecular flexibility index (Phi) is 3.21. The maximum Gasteiger partial charge on any atom is 0.236 e. The topological polar surface area (TPSA) is 37.4 Å². The molecule has 0 N–H and O–H groups in total. The first-order chi connectivity index (χ1) is 9.11. The Morgan fingerprint density at radius 3 is 2.42 bits per heavy atom. The van der Waals surface area contributed by atoms with E-state index in [-0.39, 0.29) is 23.7 Å². The molecule has 3 nitrogen and oxygen atoms in total. The highest BCUT2D eigenvalue weighted by molar-refractivity contribution is 9.10. The molecule has 1 saturated heterocycles. The van der Waals surface area contributed by atoms with Crippen LogP contribution in [0.2, 0.25) is 0 Å². The van der Waals surface area contributed by atoms with E-state index in [9.17, 15) is 9.59 Å². The lowest BCUT2D eigenvalue weighted by Gasteiger charge is -2.31. The van der Waals surface area contributed by atoms with E-state index in [2.05, 4.69) is 15.9 Å². The second-order valence-electron chi connectivity index (χ2n) is 5.35. The third-order valence-corrected chi connectivity index (χ3v) is 4.73. The molecule has 1 aliphatic carbocycles. The molecule has 100 valence electrons. The number of piperidine rings is 1. The standard InChI is InChI=1S/C15H16BrNO2/c1-2-9-8-12(16)5-6-13(9)17-14(18)10-3-4-11(7-10)15(17)19/h5-6,8,10-11H,2-4,7H2,1H3. The van der Waals surface area contributed by atoms with Crippen LogP contribution in [-0.2, 0) is 16.0 Å². The fraction of sp³-hybridized carbons (Fsp3) is 0.467. The van der Waals surface area contributed by atoms with Gasteiger partial charge in [-0.2, -0.15) is 0 Å². The van der Waals surface area contributed by atoms with Gasteiger partial charge in [-0.1, -0.05) is 22.9 Å². The second kappa shape index (κ2) is 4.75. The summed E-state index contributed by atoms with van der Waals surface area (Å²) in [6.07, 6.45) is 3.29. The average molecular weight is 322 g/mol. The predicted molar refractivity (Wildman–Crippen MR) is 76.8 cm³/mol. The molecule has 0 aromatic heterocycles. The largest absolute Gasteiger partial charge is 0.274 e. The Balaban J connectivity index is 2.06. The van der Waals surface area contributed by atoms with Gasteiger partial charge in [-0.05, 0) is 49.4 Å². The minimum atomic E-state index is -0.00391. The first-order valence-electron chi connectivity index (χ1n) is 6.78. The van der Waals surface area contributed by atoms with Crippen molar-refractivity contribution in [3.05, 3.63) is 28.2 Å². The summed E-state index contributed by atoms with van der Waals surface area (Å²) in [6.45, 7) is 2.04. The Morgan fingerprint density at radius 2 is 1.84 bits per heavy atom. The monoisotopic (exact) mass is 321 g/mol. The van der Waals surface area contributed by atoms with E-state index < -0.39 is 0 Å². The summed E-state index contributed by atoms with van der Waals surface area (Å²) in [5.74, 6) is 0.0960. The van der Waals surface area contributed by atoms with Crippen molar-refractivity contribution in [1.29, 1.82) is 0 Å². The van der Waals surface area contributed by atoms with Gasteiger partial charge < -0.3 is 0 Å². The molecular weight excluding hydrogens is 306 g/mol. The first-order valence-corrected chi connectivity index (χ1v) is 7.57. The number of hydrogen-bond acceptors (Lipinski definition) is 2. The van der Waals surface area contributed by atoms with E-state index in [0.717, 1.165) is 41.4 Å². The SMILES string of the molecule is CCc1cc(Br)ccc1N1C(=O)C2CCC(C2)C1=O. The van der Waals surface area contributed by atoms with Crippen LogP contribution in [0.4, 0.5) is 5.69 Å². The van der Waals surface area contributed by atoms with Crippen molar-refractivity contribution in [3.8, 4) is 0 Å². The van der Waals surface area contributed by atoms with Crippen molar-refractivity contribution in [2.45, 2.75) is 32.6 Å². The molecule has 2 fully saturated rings. The fourth-order valence-corrected chi connectivity index (χ4v) is 3.61. The van der Waals surface area contributed by atoms with Crippen molar-refractivity contribution in [2.24, 2.45) is 11.8 Å². The lowest BCUT2D eigenvalue weighted by molar-refractivity contribution is -0.133. The number of rotatable bonds is 2. The number of benzene rings is 1. The van der Waals surface area contributed by atoms with Crippen LogP contribution in [0.3, 0.4) is 0 Å². The van der Waals surface area contributed by atoms with Gasteiger partial charge in [-0.25, -0.2) is 4.90 Å². The number of fused-ring (bicyclic) bond motifs is 2. The number of imide groups is 1. The molecule has 3 rings (SSSR count). The van der Waals surface area contributed by atoms with Crippen LogP contribution in [0, 0.1) is 11.8 Å². The second-order valence-corrected chi connectivity index (χ2v) is 6.26. The number of anilines is 1. The summed E-state index contributed by atoms with van der Waals surface area (Å²) in [5, 5.41) is 0. The summed E-state index contributed by atoms with van der Waals surface area (Å²) >= 11 is 3.44. The van der Waals surface area contributed by atoms with Gasteiger partial charge in [0.1, 0.15) is 0 Å². The number of aryl methyl sites for hydroxylation is 1. The number of carbonyl (C=O) groups excluding carboxylic acids is 2. The van der Waals surface area contributed by atoms with Crippen molar-refractivity contribution in [3.63, 3.8) is 0 Å². The zero-order valence-corrected chi connectivity index (χ0v) is 12.4. The minimum absolute atomic E-state index is 0.00391.